The van der Waals surface area contributed by atoms with Crippen LogP contribution in [0.4, 0.5) is 5.69 Å². The van der Waals surface area contributed by atoms with Crippen molar-refractivity contribution in [3.05, 3.63) is 59.7 Å². The summed E-state index contributed by atoms with van der Waals surface area (Å²) in [6.45, 7) is 10.0. The number of carbonyl (C=O) groups excluding carboxylic acids is 3. The van der Waals surface area contributed by atoms with E-state index in [9.17, 15) is 14.4 Å². The maximum Gasteiger partial charge on any atom is 0.325 e. The molecule has 2 aromatic rings. The summed E-state index contributed by atoms with van der Waals surface area (Å²) in [5.74, 6) is 0.353. The molecule has 0 aromatic heterocycles. The normalized spacial score (nSPS) is 15.0. The largest absolute Gasteiger partial charge is 0.491 e. The second-order valence-corrected chi connectivity index (χ2v) is 14.0. The topological polar surface area (TPSA) is 101 Å². The average Bonchev–Trinajstić information content (AvgIpc) is 3.06. The zero-order valence-corrected chi connectivity index (χ0v) is 28.9. The number of unbranched alkanes of at least 4 members (excludes halogenated alkanes) is 3. The number of guanidine groups is 1. The minimum Gasteiger partial charge on any atom is -0.491 e. The highest BCUT2D eigenvalue weighted by atomic mass is 16.5. The van der Waals surface area contributed by atoms with E-state index in [1.807, 2.05) is 45.0 Å². The summed E-state index contributed by atoms with van der Waals surface area (Å²) in [6, 6.07) is 15.0. The van der Waals surface area contributed by atoms with Crippen molar-refractivity contribution in [2.45, 2.75) is 111 Å². The van der Waals surface area contributed by atoms with Crippen LogP contribution in [0.3, 0.4) is 0 Å². The number of carbonyl (C=O) groups is 3. The van der Waals surface area contributed by atoms with Crippen molar-refractivity contribution in [1.82, 2.24) is 15.1 Å². The van der Waals surface area contributed by atoms with Gasteiger partial charge in [-0.25, -0.2) is 4.99 Å². The van der Waals surface area contributed by atoms with Gasteiger partial charge in [0.1, 0.15) is 18.0 Å². The highest BCUT2D eigenvalue weighted by Crippen LogP contribution is 2.36. The monoisotopic (exact) mass is 646 g/mol. The summed E-state index contributed by atoms with van der Waals surface area (Å²) in [7, 11) is 0. The van der Waals surface area contributed by atoms with Gasteiger partial charge >= 0.3 is 5.97 Å². The molecule has 1 saturated carbocycles. The Kier molecular flexibility index (Phi) is 13.7. The molecular formula is C38H54N4O5. The molecule has 9 nitrogen and oxygen atoms in total. The Morgan fingerprint density at radius 1 is 0.957 bits per heavy atom. The molecule has 1 N–H and O–H groups in total. The van der Waals surface area contributed by atoms with Crippen LogP contribution >= 0.6 is 0 Å². The number of ether oxygens (including phenoxy) is 2. The number of esters is 1. The Labute approximate surface area is 281 Å². The maximum atomic E-state index is 13.4. The molecule has 1 aliphatic carbocycles. The van der Waals surface area contributed by atoms with Crippen molar-refractivity contribution in [2.75, 3.05) is 26.3 Å². The second-order valence-electron chi connectivity index (χ2n) is 14.0. The van der Waals surface area contributed by atoms with Crippen LogP contribution in [0.5, 0.6) is 5.75 Å². The standard InChI is InChI=1S/C38H54N4O5/c1-5-6-7-14-24-42(31-20-12-9-13-21-31)33(43)23-16-25-46-32-22-15-19-30-26-41(27-34(44)47-28-38(2,3)4)37(39-35(30)32)40-36(45)29-17-10-8-11-18-29/h8,10-11,15,17-19,22,31H,5-7,9,12-14,16,20-21,23-28H2,1-4H3,(H,39,40,45). The molecule has 0 unspecified atom stereocenters. The zero-order chi connectivity index (χ0) is 33.6. The number of aliphatic imine (C=N–C) groups is 1. The summed E-state index contributed by atoms with van der Waals surface area (Å²) in [5.41, 5.74) is 1.80. The van der Waals surface area contributed by atoms with Gasteiger partial charge in [0.2, 0.25) is 11.9 Å². The lowest BCUT2D eigenvalue weighted by Crippen LogP contribution is -2.47. The van der Waals surface area contributed by atoms with Crippen molar-refractivity contribution < 1.29 is 23.9 Å². The van der Waals surface area contributed by atoms with Crippen molar-refractivity contribution in [3.8, 4) is 5.75 Å². The van der Waals surface area contributed by atoms with Gasteiger partial charge in [0, 0.05) is 36.7 Å². The molecular weight excluding hydrogens is 592 g/mol. The third kappa shape index (κ3) is 11.4. The van der Waals surface area contributed by atoms with Crippen molar-refractivity contribution in [2.24, 2.45) is 10.4 Å². The molecule has 4 rings (SSSR count). The first-order valence-corrected chi connectivity index (χ1v) is 17.5. The zero-order valence-electron chi connectivity index (χ0n) is 28.9. The number of para-hydroxylation sites is 1. The fourth-order valence-electron chi connectivity index (χ4n) is 6.06. The first-order chi connectivity index (χ1) is 22.6. The number of fused-ring (bicyclic) bond motifs is 1. The van der Waals surface area contributed by atoms with Gasteiger partial charge in [0.25, 0.3) is 5.91 Å². The Balaban J connectivity index is 1.42. The predicted molar refractivity (Wildman–Crippen MR) is 186 cm³/mol. The molecule has 256 valence electrons. The smallest absolute Gasteiger partial charge is 0.325 e. The third-order valence-corrected chi connectivity index (χ3v) is 8.59. The quantitative estimate of drug-likeness (QED) is 0.160. The summed E-state index contributed by atoms with van der Waals surface area (Å²) >= 11 is 0. The van der Waals surface area contributed by atoms with Crippen LogP contribution in [-0.2, 0) is 20.9 Å². The van der Waals surface area contributed by atoms with Crippen molar-refractivity contribution in [1.29, 1.82) is 0 Å². The lowest BCUT2D eigenvalue weighted by Gasteiger charge is -2.34. The minimum atomic E-state index is -0.394. The van der Waals surface area contributed by atoms with Gasteiger partial charge < -0.3 is 19.3 Å². The fraction of sp³-hybridized carbons (Fsp3) is 0.579. The molecule has 0 radical (unpaired) electrons. The first kappa shape index (κ1) is 36.0. The van der Waals surface area contributed by atoms with Crippen LogP contribution in [0, 0.1) is 5.41 Å². The molecule has 1 fully saturated rings. The summed E-state index contributed by atoms with van der Waals surface area (Å²) < 4.78 is 11.8. The van der Waals surface area contributed by atoms with Crippen LogP contribution in [0.25, 0.3) is 0 Å². The van der Waals surface area contributed by atoms with E-state index in [1.165, 1.54) is 38.5 Å². The van der Waals surface area contributed by atoms with E-state index < -0.39 is 5.97 Å². The van der Waals surface area contributed by atoms with E-state index >= 15 is 0 Å². The number of nitrogens with zero attached hydrogens (tertiary/aromatic N) is 3. The minimum absolute atomic E-state index is 0.0629. The molecule has 47 heavy (non-hydrogen) atoms. The fourth-order valence-corrected chi connectivity index (χ4v) is 6.06. The molecule has 0 bridgehead atoms. The number of benzene rings is 2. The van der Waals surface area contributed by atoms with Crippen LogP contribution in [-0.4, -0.2) is 65.9 Å². The van der Waals surface area contributed by atoms with Gasteiger partial charge in [0.15, 0.2) is 0 Å². The average molecular weight is 647 g/mol. The number of amides is 2. The molecule has 0 saturated heterocycles. The van der Waals surface area contributed by atoms with Crippen LogP contribution in [0.15, 0.2) is 53.5 Å². The molecule has 1 heterocycles. The van der Waals surface area contributed by atoms with Crippen LogP contribution in [0.1, 0.15) is 114 Å². The number of hydrogen-bond acceptors (Lipinski definition) is 7. The van der Waals surface area contributed by atoms with Crippen molar-refractivity contribution >= 4 is 29.4 Å². The Hall–Kier alpha value is -3.88. The van der Waals surface area contributed by atoms with E-state index in [0.717, 1.165) is 31.4 Å². The van der Waals surface area contributed by atoms with Gasteiger partial charge in [-0.15, -0.1) is 0 Å². The number of rotatable bonds is 15. The summed E-state index contributed by atoms with van der Waals surface area (Å²) in [5, 5.41) is 2.90. The second kappa shape index (κ2) is 17.9. The lowest BCUT2D eigenvalue weighted by atomic mass is 9.93. The van der Waals surface area contributed by atoms with Crippen molar-refractivity contribution in [3.63, 3.8) is 0 Å². The Bertz CT molecular complexity index is 1350. The van der Waals surface area contributed by atoms with Crippen LogP contribution < -0.4 is 10.1 Å². The SMILES string of the molecule is CCCCCCN(C(=O)CCCOc1cccc2c1N=C(NC(=O)c1ccccc1)N(CC(=O)OCC(C)(C)C)C2)C1CCCCC1. The number of hydrogen-bond donors (Lipinski definition) is 1. The molecule has 2 aromatic carbocycles. The molecule has 2 aliphatic rings. The maximum absolute atomic E-state index is 13.4. The number of nitrogens with one attached hydrogen (secondary N) is 1. The summed E-state index contributed by atoms with van der Waals surface area (Å²) in [4.78, 5) is 48.0. The van der Waals surface area contributed by atoms with E-state index in [1.54, 1.807) is 29.2 Å². The van der Waals surface area contributed by atoms with Gasteiger partial charge in [-0.05, 0) is 49.3 Å². The van der Waals surface area contributed by atoms with E-state index in [2.05, 4.69) is 17.1 Å². The predicted octanol–water partition coefficient (Wildman–Crippen LogP) is 7.41. The highest BCUT2D eigenvalue weighted by molar-refractivity contribution is 6.07. The summed E-state index contributed by atoms with van der Waals surface area (Å²) in [6.07, 6.45) is 11.6. The Morgan fingerprint density at radius 3 is 2.45 bits per heavy atom. The van der Waals surface area contributed by atoms with Crippen LogP contribution in [0.2, 0.25) is 0 Å². The van der Waals surface area contributed by atoms with Gasteiger partial charge in [-0.2, -0.15) is 0 Å². The molecule has 1 aliphatic heterocycles. The van der Waals surface area contributed by atoms with E-state index in [4.69, 9.17) is 14.5 Å². The lowest BCUT2D eigenvalue weighted by molar-refractivity contribution is -0.147. The molecule has 9 heteroatoms. The van der Waals surface area contributed by atoms with E-state index in [-0.39, 0.29) is 36.3 Å². The van der Waals surface area contributed by atoms with Gasteiger partial charge in [0.05, 0.1) is 13.2 Å². The van der Waals surface area contributed by atoms with Gasteiger partial charge in [-0.3, -0.25) is 19.7 Å². The molecule has 0 atom stereocenters. The molecule has 0 spiro atoms. The van der Waals surface area contributed by atoms with E-state index in [0.29, 0.717) is 49.0 Å². The molecule has 2 amide bonds. The van der Waals surface area contributed by atoms with Gasteiger partial charge in [-0.1, -0.05) is 96.6 Å². The first-order valence-electron chi connectivity index (χ1n) is 17.5. The Morgan fingerprint density at radius 2 is 1.72 bits per heavy atom. The third-order valence-electron chi connectivity index (χ3n) is 8.59. The highest BCUT2D eigenvalue weighted by Gasteiger charge is 2.28.